The first-order valence-corrected chi connectivity index (χ1v) is 14.6. The zero-order chi connectivity index (χ0) is 31.6. The summed E-state index contributed by atoms with van der Waals surface area (Å²) in [6, 6.07) is 24.8. The van der Waals surface area contributed by atoms with Gasteiger partial charge in [-0.1, -0.05) is 35.9 Å². The molecule has 0 bridgehead atoms. The van der Waals surface area contributed by atoms with Crippen LogP contribution in [0.25, 0.3) is 6.08 Å². The van der Waals surface area contributed by atoms with E-state index >= 15 is 0 Å². The summed E-state index contributed by atoms with van der Waals surface area (Å²) in [5.74, 6) is -0.553. The zero-order valence-electron chi connectivity index (χ0n) is 24.1. The molecule has 9 nitrogen and oxygen atoms in total. The van der Waals surface area contributed by atoms with Crippen molar-refractivity contribution in [3.8, 4) is 17.2 Å². The molecule has 0 saturated carbocycles. The molecule has 4 aromatic rings. The van der Waals surface area contributed by atoms with E-state index in [0.29, 0.717) is 39.0 Å². The summed E-state index contributed by atoms with van der Waals surface area (Å²) in [4.78, 5) is 40.2. The van der Waals surface area contributed by atoms with Gasteiger partial charge < -0.3 is 30.5 Å². The lowest BCUT2D eigenvalue weighted by Gasteiger charge is -2.15. The molecule has 4 rings (SSSR count). The molecule has 4 aromatic carbocycles. The normalized spacial score (nSPS) is 11.7. The van der Waals surface area contributed by atoms with E-state index in [1.165, 1.54) is 44.2 Å². The van der Waals surface area contributed by atoms with Gasteiger partial charge in [0.2, 0.25) is 5.91 Å². The Hall–Kier alpha value is -4.93. The summed E-state index contributed by atoms with van der Waals surface area (Å²) in [5.41, 5.74) is 1.68. The Bertz CT molecular complexity index is 1700. The van der Waals surface area contributed by atoms with Crippen molar-refractivity contribution in [2.24, 2.45) is 0 Å². The largest absolute Gasteiger partial charge is 0.508 e. The van der Waals surface area contributed by atoms with Gasteiger partial charge in [0.15, 0.2) is 0 Å². The second-order valence-corrected chi connectivity index (χ2v) is 11.2. The van der Waals surface area contributed by atoms with Crippen LogP contribution in [0.4, 0.5) is 11.4 Å². The number of methoxy groups -OCH3 is 2. The van der Waals surface area contributed by atoms with Gasteiger partial charge in [-0.05, 0) is 73.7 Å². The summed E-state index contributed by atoms with van der Waals surface area (Å²) in [6.07, 6.45) is 1.46. The fourth-order valence-electron chi connectivity index (χ4n) is 4.03. The van der Waals surface area contributed by atoms with Crippen LogP contribution >= 0.6 is 23.4 Å². The van der Waals surface area contributed by atoms with E-state index in [2.05, 4.69) is 16.0 Å². The number of phenolic OH excluding ortho intramolecular Hbond substituents is 1. The number of nitrogens with one attached hydrogen (secondary N) is 3. The summed E-state index contributed by atoms with van der Waals surface area (Å²) in [5, 5.41) is 18.1. The van der Waals surface area contributed by atoms with Crippen LogP contribution in [0, 0.1) is 0 Å². The standard InChI is InChI=1S/C33H30ClN3O6S/c1-20(31(39)36-27-17-23(34)13-15-29(27)42-2)44-26-11-7-10-24(18-26)35-33(41)28(37-32(40)21-8-5-4-6-9-21)16-22-12-14-25(38)19-30(22)43-3/h4-20,38H,1-3H3,(H,35,41)(H,36,39)(H,37,40)/b28-16+. The second-order valence-electron chi connectivity index (χ2n) is 9.38. The molecule has 0 aromatic heterocycles. The van der Waals surface area contributed by atoms with Crippen LogP contribution in [-0.2, 0) is 9.59 Å². The van der Waals surface area contributed by atoms with Gasteiger partial charge in [0.25, 0.3) is 11.8 Å². The maximum Gasteiger partial charge on any atom is 0.272 e. The molecule has 3 amide bonds. The fraction of sp³-hybridized carbons (Fsp3) is 0.121. The van der Waals surface area contributed by atoms with Crippen molar-refractivity contribution in [2.75, 3.05) is 24.9 Å². The smallest absolute Gasteiger partial charge is 0.272 e. The van der Waals surface area contributed by atoms with E-state index < -0.39 is 17.1 Å². The number of hydrogen-bond acceptors (Lipinski definition) is 7. The Morgan fingerprint density at radius 1 is 0.864 bits per heavy atom. The van der Waals surface area contributed by atoms with Crippen LogP contribution in [0.5, 0.6) is 17.2 Å². The average Bonchev–Trinajstić information content (AvgIpc) is 3.02. The highest BCUT2D eigenvalue weighted by molar-refractivity contribution is 8.00. The molecule has 226 valence electrons. The predicted molar refractivity (Wildman–Crippen MR) is 174 cm³/mol. The number of phenols is 1. The first-order chi connectivity index (χ1) is 21.2. The summed E-state index contributed by atoms with van der Waals surface area (Å²) < 4.78 is 10.7. The number of hydrogen-bond donors (Lipinski definition) is 4. The third kappa shape index (κ3) is 8.56. The van der Waals surface area contributed by atoms with Crippen molar-refractivity contribution < 1.29 is 29.0 Å². The number of ether oxygens (including phenoxy) is 2. The monoisotopic (exact) mass is 631 g/mol. The minimum Gasteiger partial charge on any atom is -0.508 e. The Morgan fingerprint density at radius 2 is 1.61 bits per heavy atom. The minimum atomic E-state index is -0.592. The Morgan fingerprint density at radius 3 is 2.34 bits per heavy atom. The zero-order valence-corrected chi connectivity index (χ0v) is 25.7. The molecule has 0 saturated heterocycles. The maximum atomic E-state index is 13.5. The van der Waals surface area contributed by atoms with E-state index in [0.717, 1.165) is 4.90 Å². The summed E-state index contributed by atoms with van der Waals surface area (Å²) in [7, 11) is 2.94. The van der Waals surface area contributed by atoms with Gasteiger partial charge in [-0.15, -0.1) is 11.8 Å². The highest BCUT2D eigenvalue weighted by atomic mass is 35.5. The molecule has 1 unspecified atom stereocenters. The van der Waals surface area contributed by atoms with Crippen LogP contribution in [-0.4, -0.2) is 42.3 Å². The first-order valence-electron chi connectivity index (χ1n) is 13.3. The average molecular weight is 632 g/mol. The number of benzene rings is 4. The van der Waals surface area contributed by atoms with Gasteiger partial charge >= 0.3 is 0 Å². The van der Waals surface area contributed by atoms with Crippen LogP contribution in [0.1, 0.15) is 22.8 Å². The number of amides is 3. The van der Waals surface area contributed by atoms with Crippen molar-refractivity contribution in [2.45, 2.75) is 17.1 Å². The molecular formula is C33H30ClN3O6S. The summed E-state index contributed by atoms with van der Waals surface area (Å²) >= 11 is 7.38. The minimum absolute atomic E-state index is 0.0118. The van der Waals surface area contributed by atoms with Crippen LogP contribution in [0.3, 0.4) is 0 Å². The molecule has 44 heavy (non-hydrogen) atoms. The number of carbonyl (C=O) groups excluding carboxylic acids is 3. The molecule has 0 aliphatic heterocycles. The third-order valence-electron chi connectivity index (χ3n) is 6.24. The van der Waals surface area contributed by atoms with Crippen LogP contribution in [0.15, 0.2) is 102 Å². The highest BCUT2D eigenvalue weighted by Gasteiger charge is 2.19. The van der Waals surface area contributed by atoms with E-state index in [1.807, 2.05) is 6.07 Å². The van der Waals surface area contributed by atoms with Gasteiger partial charge in [-0.2, -0.15) is 0 Å². The Balaban J connectivity index is 1.52. The van der Waals surface area contributed by atoms with Gasteiger partial charge in [0.05, 0.1) is 25.2 Å². The van der Waals surface area contributed by atoms with Gasteiger partial charge in [0.1, 0.15) is 22.9 Å². The molecule has 0 fully saturated rings. The molecule has 0 spiro atoms. The van der Waals surface area contributed by atoms with Crippen molar-refractivity contribution in [3.05, 3.63) is 113 Å². The van der Waals surface area contributed by atoms with Gasteiger partial charge in [0, 0.05) is 32.8 Å². The fourth-order valence-corrected chi connectivity index (χ4v) is 5.13. The third-order valence-corrected chi connectivity index (χ3v) is 7.57. The lowest BCUT2D eigenvalue weighted by molar-refractivity contribution is -0.115. The van der Waals surface area contributed by atoms with E-state index in [1.54, 1.807) is 79.7 Å². The molecule has 1 atom stereocenters. The van der Waals surface area contributed by atoms with Crippen molar-refractivity contribution in [1.29, 1.82) is 0 Å². The molecular weight excluding hydrogens is 602 g/mol. The van der Waals surface area contributed by atoms with Gasteiger partial charge in [-0.25, -0.2) is 0 Å². The number of anilines is 2. The van der Waals surface area contributed by atoms with Crippen molar-refractivity contribution >= 4 is 58.5 Å². The van der Waals surface area contributed by atoms with Gasteiger partial charge in [-0.3, -0.25) is 14.4 Å². The predicted octanol–water partition coefficient (Wildman–Crippen LogP) is 6.59. The second kappa shape index (κ2) is 15.0. The lowest BCUT2D eigenvalue weighted by Crippen LogP contribution is -2.30. The highest BCUT2D eigenvalue weighted by Crippen LogP contribution is 2.31. The lowest BCUT2D eigenvalue weighted by atomic mass is 10.1. The number of rotatable bonds is 11. The quantitative estimate of drug-likeness (QED) is 0.109. The molecule has 0 aliphatic carbocycles. The van der Waals surface area contributed by atoms with Crippen LogP contribution in [0.2, 0.25) is 5.02 Å². The topological polar surface area (TPSA) is 126 Å². The number of carbonyl (C=O) groups is 3. The maximum absolute atomic E-state index is 13.5. The van der Waals surface area contributed by atoms with Crippen molar-refractivity contribution in [3.63, 3.8) is 0 Å². The molecule has 0 aliphatic rings. The Labute approximate surface area is 264 Å². The first kappa shape index (κ1) is 32.0. The Kier molecular flexibility index (Phi) is 10.9. The van der Waals surface area contributed by atoms with Crippen molar-refractivity contribution in [1.82, 2.24) is 5.32 Å². The van der Waals surface area contributed by atoms with E-state index in [4.69, 9.17) is 21.1 Å². The molecule has 0 heterocycles. The van der Waals surface area contributed by atoms with Crippen LogP contribution < -0.4 is 25.4 Å². The number of aromatic hydroxyl groups is 1. The summed E-state index contributed by atoms with van der Waals surface area (Å²) in [6.45, 7) is 1.76. The number of halogens is 1. The SMILES string of the molecule is COc1cc(O)ccc1/C=C(/NC(=O)c1ccccc1)C(=O)Nc1cccc(SC(C)C(=O)Nc2cc(Cl)ccc2OC)c1. The van der Waals surface area contributed by atoms with E-state index in [9.17, 15) is 19.5 Å². The van der Waals surface area contributed by atoms with E-state index in [-0.39, 0.29) is 17.4 Å². The molecule has 4 N–H and O–H groups in total. The molecule has 11 heteroatoms. The molecule has 0 radical (unpaired) electrons. The number of thioether (sulfide) groups is 1.